The van der Waals surface area contributed by atoms with E-state index in [-0.39, 0.29) is 21.3 Å². The third kappa shape index (κ3) is 4.83. The first kappa shape index (κ1) is 19.5. The van der Waals surface area contributed by atoms with E-state index >= 15 is 0 Å². The molecule has 136 valence electrons. The molecule has 1 aromatic heterocycles. The van der Waals surface area contributed by atoms with E-state index in [0.717, 1.165) is 28.0 Å². The van der Waals surface area contributed by atoms with E-state index in [1.807, 2.05) is 32.0 Å². The first-order valence-corrected chi connectivity index (χ1v) is 10.1. The van der Waals surface area contributed by atoms with Gasteiger partial charge in [0.25, 0.3) is 10.0 Å². The standard InChI is InChI=1S/C16H22N4O3S2/c1-9(2)14(21)17-15-18-19-16(24-15)25(22,23)20-12(5)13-8-10(3)6-7-11(13)4/h6-9,12,20H,1-5H3,(H,17,18,21)/t12-/m0/s1. The molecule has 0 spiro atoms. The minimum atomic E-state index is -3.83. The highest BCUT2D eigenvalue weighted by atomic mass is 32.2. The van der Waals surface area contributed by atoms with Crippen molar-refractivity contribution in [3.63, 3.8) is 0 Å². The van der Waals surface area contributed by atoms with Crippen molar-refractivity contribution in [2.24, 2.45) is 5.92 Å². The summed E-state index contributed by atoms with van der Waals surface area (Å²) in [4.78, 5) is 11.7. The van der Waals surface area contributed by atoms with Crippen LogP contribution in [0.25, 0.3) is 0 Å². The molecule has 7 nitrogen and oxygen atoms in total. The Morgan fingerprint density at radius 3 is 2.48 bits per heavy atom. The molecule has 2 rings (SSSR count). The van der Waals surface area contributed by atoms with E-state index in [0.29, 0.717) is 0 Å². The molecular weight excluding hydrogens is 360 g/mol. The normalized spacial score (nSPS) is 13.0. The van der Waals surface area contributed by atoms with Gasteiger partial charge in [-0.25, -0.2) is 13.1 Å². The maximum atomic E-state index is 12.5. The maximum absolute atomic E-state index is 12.5. The van der Waals surface area contributed by atoms with Gasteiger partial charge in [-0.05, 0) is 31.9 Å². The Kier molecular flexibility index (Phi) is 5.91. The molecule has 0 radical (unpaired) electrons. The summed E-state index contributed by atoms with van der Waals surface area (Å²) in [6, 6.07) is 5.48. The zero-order chi connectivity index (χ0) is 18.8. The van der Waals surface area contributed by atoms with Gasteiger partial charge in [-0.1, -0.05) is 48.9 Å². The third-order valence-electron chi connectivity index (χ3n) is 3.62. The fraction of sp³-hybridized carbons (Fsp3) is 0.438. The molecule has 0 saturated carbocycles. The molecule has 0 aliphatic rings. The lowest BCUT2D eigenvalue weighted by atomic mass is 10.0. The highest BCUT2D eigenvalue weighted by Crippen LogP contribution is 2.24. The lowest BCUT2D eigenvalue weighted by Crippen LogP contribution is -2.27. The molecule has 2 N–H and O–H groups in total. The van der Waals surface area contributed by atoms with Crippen molar-refractivity contribution >= 4 is 32.4 Å². The number of nitrogens with zero attached hydrogens (tertiary/aromatic N) is 2. The topological polar surface area (TPSA) is 101 Å². The second-order valence-corrected chi connectivity index (χ2v) is 9.09. The Labute approximate surface area is 151 Å². The van der Waals surface area contributed by atoms with E-state index in [2.05, 4.69) is 20.2 Å². The van der Waals surface area contributed by atoms with Gasteiger partial charge in [0.2, 0.25) is 15.4 Å². The van der Waals surface area contributed by atoms with E-state index in [1.165, 1.54) is 0 Å². The van der Waals surface area contributed by atoms with E-state index in [9.17, 15) is 13.2 Å². The molecule has 0 aliphatic heterocycles. The second kappa shape index (κ2) is 7.59. The van der Waals surface area contributed by atoms with Crippen LogP contribution < -0.4 is 10.0 Å². The number of nitrogens with one attached hydrogen (secondary N) is 2. The lowest BCUT2D eigenvalue weighted by molar-refractivity contribution is -0.118. The smallest absolute Gasteiger partial charge is 0.270 e. The molecule has 1 amide bonds. The highest BCUT2D eigenvalue weighted by molar-refractivity contribution is 7.91. The quantitative estimate of drug-likeness (QED) is 0.748. The van der Waals surface area contributed by atoms with E-state index in [1.54, 1.807) is 20.8 Å². The Balaban J connectivity index is 2.17. The second-order valence-electron chi connectivity index (χ2n) is 6.22. The number of sulfonamides is 1. The van der Waals surface area contributed by atoms with Crippen molar-refractivity contribution in [1.82, 2.24) is 14.9 Å². The summed E-state index contributed by atoms with van der Waals surface area (Å²) in [5, 5.41) is 10.1. The van der Waals surface area contributed by atoms with Crippen molar-refractivity contribution in [2.75, 3.05) is 5.32 Å². The van der Waals surface area contributed by atoms with Gasteiger partial charge < -0.3 is 5.32 Å². The molecule has 0 fully saturated rings. The average molecular weight is 383 g/mol. The van der Waals surface area contributed by atoms with Crippen LogP contribution in [0.15, 0.2) is 22.5 Å². The van der Waals surface area contributed by atoms with Gasteiger partial charge in [-0.15, -0.1) is 10.2 Å². The molecule has 1 heterocycles. The molecule has 9 heteroatoms. The van der Waals surface area contributed by atoms with Crippen molar-refractivity contribution in [2.45, 2.75) is 45.0 Å². The number of carbonyl (C=O) groups is 1. The first-order chi connectivity index (χ1) is 11.6. The number of hydrogen-bond acceptors (Lipinski definition) is 6. The van der Waals surface area contributed by atoms with Gasteiger partial charge in [0, 0.05) is 12.0 Å². The minimum absolute atomic E-state index is 0.165. The number of anilines is 1. The number of rotatable bonds is 6. The van der Waals surface area contributed by atoms with Gasteiger partial charge in [0.05, 0.1) is 0 Å². The summed E-state index contributed by atoms with van der Waals surface area (Å²) in [6.07, 6.45) is 0. The van der Waals surface area contributed by atoms with Crippen LogP contribution >= 0.6 is 11.3 Å². The summed E-state index contributed by atoms with van der Waals surface area (Å²) in [5.74, 6) is -0.469. The van der Waals surface area contributed by atoms with Crippen LogP contribution in [0.4, 0.5) is 5.13 Å². The zero-order valence-corrected chi connectivity index (χ0v) is 16.5. The molecule has 0 saturated heterocycles. The van der Waals surface area contributed by atoms with Gasteiger partial charge in [0.15, 0.2) is 0 Å². The number of aromatic nitrogens is 2. The van der Waals surface area contributed by atoms with Crippen molar-refractivity contribution in [3.05, 3.63) is 34.9 Å². The largest absolute Gasteiger partial charge is 0.300 e. The SMILES string of the molecule is Cc1ccc(C)c([C@H](C)NS(=O)(=O)c2nnc(NC(=O)C(C)C)s2)c1. The van der Waals surface area contributed by atoms with Crippen molar-refractivity contribution < 1.29 is 13.2 Å². The van der Waals surface area contributed by atoms with E-state index < -0.39 is 16.1 Å². The summed E-state index contributed by atoms with van der Waals surface area (Å²) >= 11 is 0.825. The van der Waals surface area contributed by atoms with Crippen molar-refractivity contribution in [3.8, 4) is 0 Å². The summed E-state index contributed by atoms with van der Waals surface area (Å²) in [5.41, 5.74) is 2.96. The lowest BCUT2D eigenvalue weighted by Gasteiger charge is -2.16. The predicted octanol–water partition coefficient (Wildman–Crippen LogP) is 2.79. The number of aryl methyl sites for hydroxylation is 2. The van der Waals surface area contributed by atoms with Gasteiger partial charge >= 0.3 is 0 Å². The van der Waals surface area contributed by atoms with Crippen LogP contribution in [-0.4, -0.2) is 24.5 Å². The average Bonchev–Trinajstić information content (AvgIpc) is 2.98. The van der Waals surface area contributed by atoms with Crippen molar-refractivity contribution in [1.29, 1.82) is 0 Å². The number of carbonyl (C=O) groups excluding carboxylic acids is 1. The first-order valence-electron chi connectivity index (χ1n) is 7.84. The van der Waals surface area contributed by atoms with Crippen LogP contribution in [0.1, 0.15) is 43.5 Å². The van der Waals surface area contributed by atoms with Crippen LogP contribution in [-0.2, 0) is 14.8 Å². The fourth-order valence-electron chi connectivity index (χ4n) is 2.19. The van der Waals surface area contributed by atoms with Crippen LogP contribution in [0.2, 0.25) is 0 Å². The minimum Gasteiger partial charge on any atom is -0.300 e. The molecule has 25 heavy (non-hydrogen) atoms. The Morgan fingerprint density at radius 2 is 1.84 bits per heavy atom. The zero-order valence-electron chi connectivity index (χ0n) is 14.8. The summed E-state index contributed by atoms with van der Waals surface area (Å²) in [7, 11) is -3.83. The fourth-order valence-corrected chi connectivity index (χ4v) is 4.33. The Hall–Kier alpha value is -1.84. The molecule has 0 bridgehead atoms. The monoisotopic (exact) mass is 382 g/mol. The van der Waals surface area contributed by atoms with Gasteiger partial charge in [0.1, 0.15) is 0 Å². The number of hydrogen-bond donors (Lipinski definition) is 2. The van der Waals surface area contributed by atoms with Crippen LogP contribution in [0, 0.1) is 19.8 Å². The molecule has 0 unspecified atom stereocenters. The van der Waals surface area contributed by atoms with Crippen LogP contribution in [0.5, 0.6) is 0 Å². The maximum Gasteiger partial charge on any atom is 0.270 e. The summed E-state index contributed by atoms with van der Waals surface area (Å²) < 4.78 is 27.5. The Morgan fingerprint density at radius 1 is 1.16 bits per heavy atom. The molecule has 0 aliphatic carbocycles. The third-order valence-corrected chi connectivity index (χ3v) is 6.37. The molecule has 1 atom stereocenters. The number of benzene rings is 1. The highest BCUT2D eigenvalue weighted by Gasteiger charge is 2.24. The predicted molar refractivity (Wildman–Crippen MR) is 98.0 cm³/mol. The Bertz CT molecular complexity index is 875. The van der Waals surface area contributed by atoms with E-state index in [4.69, 9.17) is 0 Å². The number of amides is 1. The molecular formula is C16H22N4O3S2. The van der Waals surface area contributed by atoms with Gasteiger partial charge in [-0.3, -0.25) is 4.79 Å². The summed E-state index contributed by atoms with van der Waals surface area (Å²) in [6.45, 7) is 9.15. The van der Waals surface area contributed by atoms with Crippen LogP contribution in [0.3, 0.4) is 0 Å². The van der Waals surface area contributed by atoms with Gasteiger partial charge in [-0.2, -0.15) is 0 Å². The molecule has 1 aromatic carbocycles. The molecule has 2 aromatic rings.